The molecule has 0 saturated carbocycles. The van der Waals surface area contributed by atoms with E-state index in [-0.39, 0.29) is 23.5 Å². The number of Topliss-reactive ketones (excluding diaryl/α,β-unsaturated/α-hetero) is 1. The molecule has 0 saturated heterocycles. The summed E-state index contributed by atoms with van der Waals surface area (Å²) >= 11 is 0. The number of nitrogens with zero attached hydrogens (tertiary/aromatic N) is 1. The average molecular weight is 308 g/mol. The topological polar surface area (TPSA) is 76.1 Å². The molecule has 2 N–H and O–H groups in total. The molecule has 1 aromatic rings. The molecule has 0 unspecified atom stereocenters. The minimum atomic E-state index is -0.258. The van der Waals surface area contributed by atoms with Gasteiger partial charge in [-0.2, -0.15) is 5.26 Å². The summed E-state index contributed by atoms with van der Waals surface area (Å²) in [6, 6.07) is 12.3. The Kier molecular flexibility index (Phi) is 4.20. The Balaban J connectivity index is 1.95. The highest BCUT2D eigenvalue weighted by Crippen LogP contribution is 2.41. The van der Waals surface area contributed by atoms with Crippen LogP contribution in [-0.2, 0) is 9.53 Å². The fourth-order valence-electron chi connectivity index (χ4n) is 3.47. The number of carbonyl (C=O) groups excluding carboxylic acids is 1. The Hall–Kier alpha value is -2.54. The zero-order valence-electron chi connectivity index (χ0n) is 13.2. The zero-order chi connectivity index (χ0) is 16.4. The monoisotopic (exact) mass is 308 g/mol. The van der Waals surface area contributed by atoms with E-state index in [9.17, 15) is 10.1 Å². The molecular weight excluding hydrogens is 288 g/mol. The van der Waals surface area contributed by atoms with Gasteiger partial charge in [-0.1, -0.05) is 37.3 Å². The standard InChI is InChI=1S/C19H20N2O2/c1-12(13-6-3-2-4-7-13)10-14-15(11-20)19(21)23-17-9-5-8-16(22)18(14)17/h2-4,6-7,12,14H,5,8-10,21H2,1H3/t12-,14+/m1/s1. The maximum absolute atomic E-state index is 12.4. The van der Waals surface area contributed by atoms with Crippen molar-refractivity contribution in [2.75, 3.05) is 0 Å². The van der Waals surface area contributed by atoms with Crippen molar-refractivity contribution in [3.63, 3.8) is 0 Å². The first-order chi connectivity index (χ1) is 11.1. The molecule has 1 aliphatic heterocycles. The number of rotatable bonds is 3. The lowest BCUT2D eigenvalue weighted by molar-refractivity contribution is -0.117. The van der Waals surface area contributed by atoms with Gasteiger partial charge in [0.15, 0.2) is 5.78 Å². The van der Waals surface area contributed by atoms with Gasteiger partial charge in [0, 0.05) is 24.3 Å². The summed E-state index contributed by atoms with van der Waals surface area (Å²) in [7, 11) is 0. The summed E-state index contributed by atoms with van der Waals surface area (Å²) in [5.41, 5.74) is 8.19. The first-order valence-electron chi connectivity index (χ1n) is 8.00. The van der Waals surface area contributed by atoms with Gasteiger partial charge in [0.2, 0.25) is 5.88 Å². The predicted molar refractivity (Wildman–Crippen MR) is 86.8 cm³/mol. The number of hydrogen-bond donors (Lipinski definition) is 1. The van der Waals surface area contributed by atoms with Gasteiger partial charge in [0.05, 0.1) is 5.57 Å². The third-order valence-electron chi connectivity index (χ3n) is 4.68. The van der Waals surface area contributed by atoms with E-state index < -0.39 is 0 Å². The number of ether oxygens (including phenoxy) is 1. The van der Waals surface area contributed by atoms with E-state index >= 15 is 0 Å². The van der Waals surface area contributed by atoms with Crippen LogP contribution in [0.3, 0.4) is 0 Å². The number of allylic oxidation sites excluding steroid dienone is 3. The van der Waals surface area contributed by atoms with Gasteiger partial charge in [-0.25, -0.2) is 0 Å². The number of nitrogens with two attached hydrogens (primary N) is 1. The van der Waals surface area contributed by atoms with E-state index in [0.717, 1.165) is 12.8 Å². The van der Waals surface area contributed by atoms with Crippen LogP contribution in [0.4, 0.5) is 0 Å². The van der Waals surface area contributed by atoms with Gasteiger partial charge in [-0.05, 0) is 24.3 Å². The van der Waals surface area contributed by atoms with Gasteiger partial charge >= 0.3 is 0 Å². The van der Waals surface area contributed by atoms with Crippen molar-refractivity contribution in [2.24, 2.45) is 11.7 Å². The van der Waals surface area contributed by atoms with Crippen LogP contribution in [0.2, 0.25) is 0 Å². The Morgan fingerprint density at radius 3 is 2.78 bits per heavy atom. The van der Waals surface area contributed by atoms with Crippen molar-refractivity contribution in [3.05, 3.63) is 58.7 Å². The van der Waals surface area contributed by atoms with Gasteiger partial charge < -0.3 is 10.5 Å². The lowest BCUT2D eigenvalue weighted by atomic mass is 9.76. The van der Waals surface area contributed by atoms with Crippen LogP contribution in [0.5, 0.6) is 0 Å². The van der Waals surface area contributed by atoms with Gasteiger partial charge in [-0.15, -0.1) is 0 Å². The highest BCUT2D eigenvalue weighted by atomic mass is 16.5. The molecule has 0 aromatic heterocycles. The van der Waals surface area contributed by atoms with Crippen molar-refractivity contribution in [2.45, 2.75) is 38.5 Å². The van der Waals surface area contributed by atoms with E-state index in [0.29, 0.717) is 29.7 Å². The quantitative estimate of drug-likeness (QED) is 0.926. The minimum absolute atomic E-state index is 0.0942. The fourth-order valence-corrected chi connectivity index (χ4v) is 3.47. The Morgan fingerprint density at radius 1 is 1.35 bits per heavy atom. The first kappa shape index (κ1) is 15.4. The Bertz CT molecular complexity index is 725. The van der Waals surface area contributed by atoms with Gasteiger partial charge in [0.1, 0.15) is 11.8 Å². The van der Waals surface area contributed by atoms with Crippen molar-refractivity contribution in [1.82, 2.24) is 0 Å². The normalized spacial score (nSPS) is 22.3. The average Bonchev–Trinajstić information content (AvgIpc) is 2.55. The fraction of sp³-hybridized carbons (Fsp3) is 0.368. The smallest absolute Gasteiger partial charge is 0.204 e. The number of nitriles is 1. The molecule has 4 nitrogen and oxygen atoms in total. The molecule has 23 heavy (non-hydrogen) atoms. The molecular formula is C19H20N2O2. The number of carbonyl (C=O) groups is 1. The van der Waals surface area contributed by atoms with E-state index in [2.05, 4.69) is 25.1 Å². The molecule has 0 bridgehead atoms. The number of ketones is 1. The predicted octanol–water partition coefficient (Wildman–Crippen LogP) is 3.53. The van der Waals surface area contributed by atoms with Crippen molar-refractivity contribution < 1.29 is 9.53 Å². The lowest BCUT2D eigenvalue weighted by Crippen LogP contribution is -2.29. The minimum Gasteiger partial charge on any atom is -0.444 e. The van der Waals surface area contributed by atoms with Crippen LogP contribution in [0.25, 0.3) is 0 Å². The molecule has 118 valence electrons. The van der Waals surface area contributed by atoms with Crippen LogP contribution < -0.4 is 5.73 Å². The second-order valence-electron chi connectivity index (χ2n) is 6.21. The summed E-state index contributed by atoms with van der Waals surface area (Å²) in [4.78, 5) is 12.4. The summed E-state index contributed by atoms with van der Waals surface area (Å²) in [6.07, 6.45) is 2.71. The summed E-state index contributed by atoms with van der Waals surface area (Å²) in [5.74, 6) is 0.886. The molecule has 0 fully saturated rings. The molecule has 1 aliphatic carbocycles. The van der Waals surface area contributed by atoms with Crippen LogP contribution in [0.1, 0.15) is 44.1 Å². The SMILES string of the molecule is C[C@H](C[C@H]1C(C#N)=C(N)OC2=C1C(=O)CCC2)c1ccccc1. The molecule has 4 heteroatoms. The number of hydrogen-bond acceptors (Lipinski definition) is 4. The molecule has 0 spiro atoms. The molecule has 3 rings (SSSR count). The summed E-state index contributed by atoms with van der Waals surface area (Å²) in [6.45, 7) is 2.11. The summed E-state index contributed by atoms with van der Waals surface area (Å²) in [5, 5.41) is 9.49. The molecule has 1 aromatic carbocycles. The van der Waals surface area contributed by atoms with E-state index in [1.807, 2.05) is 18.2 Å². The van der Waals surface area contributed by atoms with Crippen LogP contribution in [0, 0.1) is 17.2 Å². The van der Waals surface area contributed by atoms with Crippen molar-refractivity contribution in [3.8, 4) is 6.07 Å². The van der Waals surface area contributed by atoms with Crippen LogP contribution >= 0.6 is 0 Å². The largest absolute Gasteiger partial charge is 0.444 e. The third-order valence-corrected chi connectivity index (χ3v) is 4.68. The van der Waals surface area contributed by atoms with Crippen molar-refractivity contribution in [1.29, 1.82) is 5.26 Å². The molecule has 0 amide bonds. The maximum atomic E-state index is 12.4. The molecule has 2 atom stereocenters. The second kappa shape index (κ2) is 6.29. The highest BCUT2D eigenvalue weighted by Gasteiger charge is 2.37. The first-order valence-corrected chi connectivity index (χ1v) is 8.00. The Labute approximate surface area is 136 Å². The molecule has 2 aliphatic rings. The second-order valence-corrected chi connectivity index (χ2v) is 6.21. The van der Waals surface area contributed by atoms with Gasteiger partial charge in [0.25, 0.3) is 0 Å². The van der Waals surface area contributed by atoms with Crippen LogP contribution in [0.15, 0.2) is 53.1 Å². The Morgan fingerprint density at radius 2 is 2.09 bits per heavy atom. The van der Waals surface area contributed by atoms with E-state index in [1.54, 1.807) is 0 Å². The zero-order valence-corrected chi connectivity index (χ0v) is 13.2. The van der Waals surface area contributed by atoms with Gasteiger partial charge in [-0.3, -0.25) is 4.79 Å². The lowest BCUT2D eigenvalue weighted by Gasteiger charge is -2.32. The van der Waals surface area contributed by atoms with E-state index in [4.69, 9.17) is 10.5 Å². The van der Waals surface area contributed by atoms with E-state index in [1.165, 1.54) is 5.56 Å². The van der Waals surface area contributed by atoms with Crippen LogP contribution in [-0.4, -0.2) is 5.78 Å². The van der Waals surface area contributed by atoms with Crippen molar-refractivity contribution >= 4 is 5.78 Å². The molecule has 1 heterocycles. The molecule has 0 radical (unpaired) electrons. The summed E-state index contributed by atoms with van der Waals surface area (Å²) < 4.78 is 5.58. The number of benzene rings is 1. The third kappa shape index (κ3) is 2.87. The highest BCUT2D eigenvalue weighted by molar-refractivity contribution is 5.98. The maximum Gasteiger partial charge on any atom is 0.204 e.